The SMILES string of the molecule is CCCN(CCC)c1ccnc(C(=O)N2CCN(Cc3ccccc3)CC2)c1. The summed E-state index contributed by atoms with van der Waals surface area (Å²) in [6, 6.07) is 14.5. The molecule has 1 aliphatic rings. The third kappa shape index (κ3) is 5.32. The van der Waals surface area contributed by atoms with Crippen LogP contribution in [0.25, 0.3) is 0 Å². The van der Waals surface area contributed by atoms with Crippen LogP contribution in [0.5, 0.6) is 0 Å². The number of piperazine rings is 1. The standard InChI is InChI=1S/C23H32N4O/c1-3-12-26(13-4-2)21-10-11-24-22(18-21)23(28)27-16-14-25(15-17-27)19-20-8-6-5-7-9-20/h5-11,18H,3-4,12-17,19H2,1-2H3. The molecule has 0 aliphatic carbocycles. The van der Waals surface area contributed by atoms with Crippen LogP contribution in [0.3, 0.4) is 0 Å². The van der Waals surface area contributed by atoms with E-state index < -0.39 is 0 Å². The van der Waals surface area contributed by atoms with Crippen molar-refractivity contribution in [3.63, 3.8) is 0 Å². The van der Waals surface area contributed by atoms with E-state index >= 15 is 0 Å². The van der Waals surface area contributed by atoms with Crippen LogP contribution in [0.15, 0.2) is 48.7 Å². The van der Waals surface area contributed by atoms with Gasteiger partial charge in [0.25, 0.3) is 5.91 Å². The predicted octanol–water partition coefficient (Wildman–Crippen LogP) is 3.67. The average Bonchev–Trinajstić information content (AvgIpc) is 2.74. The summed E-state index contributed by atoms with van der Waals surface area (Å²) in [5.41, 5.74) is 2.99. The Morgan fingerprint density at radius 2 is 1.68 bits per heavy atom. The van der Waals surface area contributed by atoms with Gasteiger partial charge in [0.1, 0.15) is 5.69 Å². The monoisotopic (exact) mass is 380 g/mol. The average molecular weight is 381 g/mol. The molecule has 0 atom stereocenters. The maximum Gasteiger partial charge on any atom is 0.272 e. The van der Waals surface area contributed by atoms with E-state index in [0.29, 0.717) is 5.69 Å². The van der Waals surface area contributed by atoms with Gasteiger partial charge >= 0.3 is 0 Å². The summed E-state index contributed by atoms with van der Waals surface area (Å²) in [6.07, 6.45) is 3.95. The molecule has 0 radical (unpaired) electrons. The lowest BCUT2D eigenvalue weighted by Gasteiger charge is -2.34. The van der Waals surface area contributed by atoms with Crippen LogP contribution in [0.1, 0.15) is 42.7 Å². The molecule has 1 aliphatic heterocycles. The summed E-state index contributed by atoms with van der Waals surface area (Å²) in [7, 11) is 0. The molecule has 0 N–H and O–H groups in total. The van der Waals surface area contributed by atoms with E-state index in [-0.39, 0.29) is 5.91 Å². The number of carbonyl (C=O) groups excluding carboxylic acids is 1. The van der Waals surface area contributed by atoms with Crippen LogP contribution in [0, 0.1) is 0 Å². The minimum Gasteiger partial charge on any atom is -0.371 e. The number of hydrogen-bond acceptors (Lipinski definition) is 4. The zero-order valence-electron chi connectivity index (χ0n) is 17.2. The third-order valence-corrected chi connectivity index (χ3v) is 5.22. The quantitative estimate of drug-likeness (QED) is 0.701. The molecule has 0 saturated carbocycles. The molecule has 1 fully saturated rings. The van der Waals surface area contributed by atoms with Crippen molar-refractivity contribution in [2.45, 2.75) is 33.2 Å². The summed E-state index contributed by atoms with van der Waals surface area (Å²) in [6.45, 7) is 10.6. The van der Waals surface area contributed by atoms with Crippen molar-refractivity contribution < 1.29 is 4.79 Å². The summed E-state index contributed by atoms with van der Waals surface area (Å²) < 4.78 is 0. The molecule has 2 heterocycles. The van der Waals surface area contributed by atoms with E-state index in [2.05, 4.69) is 52.9 Å². The molecule has 3 rings (SSSR count). The molecule has 5 heteroatoms. The largest absolute Gasteiger partial charge is 0.371 e. The topological polar surface area (TPSA) is 39.7 Å². The van der Waals surface area contributed by atoms with Crippen molar-refractivity contribution in [2.75, 3.05) is 44.2 Å². The molecular weight excluding hydrogens is 348 g/mol. The maximum atomic E-state index is 13.0. The third-order valence-electron chi connectivity index (χ3n) is 5.22. The van der Waals surface area contributed by atoms with Gasteiger partial charge in [-0.25, -0.2) is 0 Å². The Morgan fingerprint density at radius 3 is 2.32 bits per heavy atom. The van der Waals surface area contributed by atoms with E-state index in [4.69, 9.17) is 0 Å². The highest BCUT2D eigenvalue weighted by Crippen LogP contribution is 2.18. The van der Waals surface area contributed by atoms with Crippen molar-refractivity contribution in [1.82, 2.24) is 14.8 Å². The van der Waals surface area contributed by atoms with Gasteiger partial charge in [0, 0.05) is 57.7 Å². The number of benzene rings is 1. The first-order valence-corrected chi connectivity index (χ1v) is 10.5. The first kappa shape index (κ1) is 20.3. The number of amides is 1. The summed E-state index contributed by atoms with van der Waals surface area (Å²) in [5, 5.41) is 0. The first-order chi connectivity index (χ1) is 13.7. The summed E-state index contributed by atoms with van der Waals surface area (Å²) in [4.78, 5) is 24.0. The molecule has 5 nitrogen and oxygen atoms in total. The molecule has 0 spiro atoms. The van der Waals surface area contributed by atoms with E-state index in [1.807, 2.05) is 23.1 Å². The van der Waals surface area contributed by atoms with Crippen LogP contribution < -0.4 is 4.90 Å². The van der Waals surface area contributed by atoms with Crippen molar-refractivity contribution in [2.24, 2.45) is 0 Å². The molecule has 1 saturated heterocycles. The van der Waals surface area contributed by atoms with E-state index in [1.54, 1.807) is 6.20 Å². The minimum atomic E-state index is 0.0501. The van der Waals surface area contributed by atoms with Crippen molar-refractivity contribution in [1.29, 1.82) is 0 Å². The Bertz CT molecular complexity index is 735. The summed E-state index contributed by atoms with van der Waals surface area (Å²) in [5.74, 6) is 0.0501. The lowest BCUT2D eigenvalue weighted by Crippen LogP contribution is -2.48. The molecule has 1 amide bonds. The second-order valence-corrected chi connectivity index (χ2v) is 7.44. The Hall–Kier alpha value is -2.40. The van der Waals surface area contributed by atoms with Crippen LogP contribution in [0.4, 0.5) is 5.69 Å². The summed E-state index contributed by atoms with van der Waals surface area (Å²) >= 11 is 0. The molecule has 1 aromatic heterocycles. The van der Waals surface area contributed by atoms with Crippen LogP contribution in [-0.2, 0) is 6.54 Å². The molecule has 28 heavy (non-hydrogen) atoms. The zero-order chi connectivity index (χ0) is 19.8. The maximum absolute atomic E-state index is 13.0. The first-order valence-electron chi connectivity index (χ1n) is 10.5. The molecule has 0 unspecified atom stereocenters. The van der Waals surface area contributed by atoms with Gasteiger partial charge < -0.3 is 9.80 Å². The lowest BCUT2D eigenvalue weighted by atomic mass is 10.2. The Balaban J connectivity index is 1.59. The molecular formula is C23H32N4O. The lowest BCUT2D eigenvalue weighted by molar-refractivity contribution is 0.0623. The molecule has 150 valence electrons. The van der Waals surface area contributed by atoms with Gasteiger partial charge in [0.2, 0.25) is 0 Å². The van der Waals surface area contributed by atoms with Crippen molar-refractivity contribution in [3.8, 4) is 0 Å². The number of hydrogen-bond donors (Lipinski definition) is 0. The fraction of sp³-hybridized carbons (Fsp3) is 0.478. The Morgan fingerprint density at radius 1 is 1.00 bits per heavy atom. The fourth-order valence-electron chi connectivity index (χ4n) is 3.76. The second-order valence-electron chi connectivity index (χ2n) is 7.44. The fourth-order valence-corrected chi connectivity index (χ4v) is 3.76. The number of carbonyl (C=O) groups is 1. The normalized spacial score (nSPS) is 14.9. The van der Waals surface area contributed by atoms with Gasteiger partial charge in [0.15, 0.2) is 0 Å². The highest BCUT2D eigenvalue weighted by molar-refractivity contribution is 5.93. The smallest absolute Gasteiger partial charge is 0.272 e. The highest BCUT2D eigenvalue weighted by Gasteiger charge is 2.23. The number of aromatic nitrogens is 1. The van der Waals surface area contributed by atoms with Crippen LogP contribution >= 0.6 is 0 Å². The Labute approximate surface area is 169 Å². The van der Waals surface area contributed by atoms with E-state index in [0.717, 1.165) is 64.3 Å². The van der Waals surface area contributed by atoms with Gasteiger partial charge in [-0.15, -0.1) is 0 Å². The molecule has 1 aromatic carbocycles. The minimum absolute atomic E-state index is 0.0501. The second kappa shape index (κ2) is 10.2. The van der Waals surface area contributed by atoms with Crippen molar-refractivity contribution >= 4 is 11.6 Å². The van der Waals surface area contributed by atoms with Crippen LogP contribution in [0.2, 0.25) is 0 Å². The van der Waals surface area contributed by atoms with Crippen molar-refractivity contribution in [3.05, 3.63) is 59.9 Å². The number of anilines is 1. The highest BCUT2D eigenvalue weighted by atomic mass is 16.2. The predicted molar refractivity (Wildman–Crippen MR) is 115 cm³/mol. The molecule has 2 aromatic rings. The van der Waals surface area contributed by atoms with Gasteiger partial charge in [-0.2, -0.15) is 0 Å². The van der Waals surface area contributed by atoms with Gasteiger partial charge in [0.05, 0.1) is 0 Å². The number of nitrogens with zero attached hydrogens (tertiary/aromatic N) is 4. The van der Waals surface area contributed by atoms with E-state index in [9.17, 15) is 4.79 Å². The van der Waals surface area contributed by atoms with Gasteiger partial charge in [-0.3, -0.25) is 14.7 Å². The number of pyridine rings is 1. The zero-order valence-corrected chi connectivity index (χ0v) is 17.2. The molecule has 0 bridgehead atoms. The van der Waals surface area contributed by atoms with Crippen LogP contribution in [-0.4, -0.2) is 60.0 Å². The van der Waals surface area contributed by atoms with Gasteiger partial charge in [-0.1, -0.05) is 44.2 Å². The van der Waals surface area contributed by atoms with Gasteiger partial charge in [-0.05, 0) is 30.5 Å². The number of rotatable bonds is 8. The Kier molecular flexibility index (Phi) is 7.43. The van der Waals surface area contributed by atoms with E-state index in [1.165, 1.54) is 5.56 Å².